The zero-order chi connectivity index (χ0) is 16.7. The van der Waals surface area contributed by atoms with Gasteiger partial charge in [0.15, 0.2) is 0 Å². The SMILES string of the molecule is CCOC(=O)c1cnn(Cc2cnc(N3CC4(CC4)C3)nc2C)c1. The van der Waals surface area contributed by atoms with Crippen LogP contribution in [0, 0.1) is 12.3 Å². The number of carbonyl (C=O) groups excluding carboxylic acids is 1. The minimum atomic E-state index is -0.348. The molecule has 7 nitrogen and oxygen atoms in total. The van der Waals surface area contributed by atoms with Crippen molar-refractivity contribution in [1.82, 2.24) is 19.7 Å². The number of ether oxygens (including phenoxy) is 1. The van der Waals surface area contributed by atoms with Gasteiger partial charge in [-0.05, 0) is 26.7 Å². The summed E-state index contributed by atoms with van der Waals surface area (Å²) in [5.41, 5.74) is 3.00. The first-order valence-corrected chi connectivity index (χ1v) is 8.36. The van der Waals surface area contributed by atoms with Crippen LogP contribution >= 0.6 is 0 Å². The molecule has 0 bridgehead atoms. The average molecular weight is 327 g/mol. The van der Waals surface area contributed by atoms with E-state index in [1.54, 1.807) is 17.8 Å². The van der Waals surface area contributed by atoms with E-state index < -0.39 is 0 Å². The summed E-state index contributed by atoms with van der Waals surface area (Å²) in [7, 11) is 0. The highest BCUT2D eigenvalue weighted by Crippen LogP contribution is 2.53. The van der Waals surface area contributed by atoms with Gasteiger partial charge in [-0.3, -0.25) is 4.68 Å². The van der Waals surface area contributed by atoms with Gasteiger partial charge in [-0.25, -0.2) is 14.8 Å². The highest BCUT2D eigenvalue weighted by Gasteiger charge is 2.53. The van der Waals surface area contributed by atoms with Gasteiger partial charge in [0.05, 0.1) is 24.9 Å². The van der Waals surface area contributed by atoms with Crippen LogP contribution in [-0.2, 0) is 11.3 Å². The average Bonchev–Trinajstić information content (AvgIpc) is 3.20. The van der Waals surface area contributed by atoms with Crippen LogP contribution in [0.3, 0.4) is 0 Å². The van der Waals surface area contributed by atoms with Gasteiger partial charge in [-0.2, -0.15) is 5.10 Å². The summed E-state index contributed by atoms with van der Waals surface area (Å²) in [5.74, 6) is 0.473. The Balaban J connectivity index is 1.44. The zero-order valence-corrected chi connectivity index (χ0v) is 14.0. The lowest BCUT2D eigenvalue weighted by Gasteiger charge is -2.40. The Kier molecular flexibility index (Phi) is 3.51. The molecule has 2 aromatic heterocycles. The first-order chi connectivity index (χ1) is 11.6. The summed E-state index contributed by atoms with van der Waals surface area (Å²) in [4.78, 5) is 23.1. The molecule has 2 aromatic rings. The number of aryl methyl sites for hydroxylation is 1. The molecular weight excluding hydrogens is 306 g/mol. The van der Waals surface area contributed by atoms with Gasteiger partial charge in [-0.1, -0.05) is 0 Å². The fourth-order valence-electron chi connectivity index (χ4n) is 3.13. The summed E-state index contributed by atoms with van der Waals surface area (Å²) in [6.07, 6.45) is 7.78. The standard InChI is InChI=1S/C17H21N5O2/c1-3-24-15(23)14-7-19-22(9-14)8-13-6-18-16(20-12(13)2)21-10-17(11-21)4-5-17/h6-7,9H,3-5,8,10-11H2,1-2H3. The van der Waals surface area contributed by atoms with Crippen LogP contribution in [-0.4, -0.2) is 45.4 Å². The van der Waals surface area contributed by atoms with Gasteiger partial charge in [0.2, 0.25) is 5.95 Å². The van der Waals surface area contributed by atoms with E-state index in [4.69, 9.17) is 4.74 Å². The molecule has 0 unspecified atom stereocenters. The quantitative estimate of drug-likeness (QED) is 0.780. The normalized spacial score (nSPS) is 17.7. The molecule has 0 N–H and O–H groups in total. The van der Waals surface area contributed by atoms with E-state index in [1.807, 2.05) is 13.1 Å². The number of hydrogen-bond acceptors (Lipinski definition) is 6. The highest BCUT2D eigenvalue weighted by atomic mass is 16.5. The molecule has 1 saturated heterocycles. The summed E-state index contributed by atoms with van der Waals surface area (Å²) in [6, 6.07) is 0. The molecule has 7 heteroatoms. The molecule has 0 amide bonds. The third-order valence-electron chi connectivity index (χ3n) is 4.84. The van der Waals surface area contributed by atoms with Gasteiger partial charge in [0, 0.05) is 42.2 Å². The van der Waals surface area contributed by atoms with Crippen molar-refractivity contribution in [2.75, 3.05) is 24.6 Å². The van der Waals surface area contributed by atoms with E-state index in [2.05, 4.69) is 20.0 Å². The smallest absolute Gasteiger partial charge is 0.341 e. The number of aromatic nitrogens is 4. The van der Waals surface area contributed by atoms with Gasteiger partial charge in [-0.15, -0.1) is 0 Å². The predicted molar refractivity (Wildman–Crippen MR) is 87.9 cm³/mol. The van der Waals surface area contributed by atoms with Crippen molar-refractivity contribution in [2.24, 2.45) is 5.41 Å². The van der Waals surface area contributed by atoms with E-state index in [1.165, 1.54) is 19.0 Å². The van der Waals surface area contributed by atoms with Crippen molar-refractivity contribution >= 4 is 11.9 Å². The van der Waals surface area contributed by atoms with Gasteiger partial charge < -0.3 is 9.64 Å². The second-order valence-corrected chi connectivity index (χ2v) is 6.78. The molecular formula is C17H21N5O2. The van der Waals surface area contributed by atoms with E-state index in [0.29, 0.717) is 24.1 Å². The lowest BCUT2D eigenvalue weighted by molar-refractivity contribution is 0.0526. The Labute approximate surface area is 140 Å². The van der Waals surface area contributed by atoms with Crippen molar-refractivity contribution < 1.29 is 9.53 Å². The Hall–Kier alpha value is -2.44. The molecule has 4 rings (SSSR count). The third kappa shape index (κ3) is 2.74. The lowest BCUT2D eigenvalue weighted by atomic mass is 9.98. The number of hydrogen-bond donors (Lipinski definition) is 0. The Morgan fingerprint density at radius 3 is 2.79 bits per heavy atom. The first kappa shape index (κ1) is 15.1. The Bertz CT molecular complexity index is 773. The van der Waals surface area contributed by atoms with Crippen molar-refractivity contribution in [3.05, 3.63) is 35.4 Å². The minimum absolute atomic E-state index is 0.348. The van der Waals surface area contributed by atoms with E-state index in [9.17, 15) is 4.79 Å². The number of carbonyl (C=O) groups is 1. The molecule has 0 radical (unpaired) electrons. The van der Waals surface area contributed by atoms with Crippen molar-refractivity contribution in [3.63, 3.8) is 0 Å². The van der Waals surface area contributed by atoms with E-state index >= 15 is 0 Å². The van der Waals surface area contributed by atoms with Crippen LogP contribution in [0.15, 0.2) is 18.6 Å². The molecule has 1 saturated carbocycles. The molecule has 2 aliphatic rings. The molecule has 0 atom stereocenters. The third-order valence-corrected chi connectivity index (χ3v) is 4.84. The topological polar surface area (TPSA) is 73.1 Å². The number of rotatable bonds is 5. The molecule has 3 heterocycles. The summed E-state index contributed by atoms with van der Waals surface area (Å²) in [6.45, 7) is 6.85. The molecule has 0 aromatic carbocycles. The fraction of sp³-hybridized carbons (Fsp3) is 0.529. The Morgan fingerprint density at radius 2 is 2.12 bits per heavy atom. The van der Waals surface area contributed by atoms with Crippen LogP contribution in [0.4, 0.5) is 5.95 Å². The van der Waals surface area contributed by atoms with Crippen molar-refractivity contribution in [3.8, 4) is 0 Å². The van der Waals surface area contributed by atoms with Crippen LogP contribution < -0.4 is 4.90 Å². The summed E-state index contributed by atoms with van der Waals surface area (Å²) >= 11 is 0. The second-order valence-electron chi connectivity index (χ2n) is 6.78. The van der Waals surface area contributed by atoms with Crippen LogP contribution in [0.1, 0.15) is 41.4 Å². The lowest BCUT2D eigenvalue weighted by Crippen LogP contribution is -2.49. The number of nitrogens with zero attached hydrogens (tertiary/aromatic N) is 5. The minimum Gasteiger partial charge on any atom is -0.462 e. The maximum absolute atomic E-state index is 11.7. The van der Waals surface area contributed by atoms with Gasteiger partial charge in [0.1, 0.15) is 0 Å². The molecule has 126 valence electrons. The van der Waals surface area contributed by atoms with Crippen LogP contribution in [0.25, 0.3) is 0 Å². The molecule has 1 aliphatic carbocycles. The Morgan fingerprint density at radius 1 is 1.33 bits per heavy atom. The van der Waals surface area contributed by atoms with E-state index in [0.717, 1.165) is 30.3 Å². The largest absolute Gasteiger partial charge is 0.462 e. The van der Waals surface area contributed by atoms with Crippen LogP contribution in [0.5, 0.6) is 0 Å². The zero-order valence-electron chi connectivity index (χ0n) is 14.0. The molecule has 24 heavy (non-hydrogen) atoms. The number of esters is 1. The van der Waals surface area contributed by atoms with Gasteiger partial charge >= 0.3 is 5.97 Å². The predicted octanol–water partition coefficient (Wildman–Crippen LogP) is 1.81. The number of anilines is 1. The van der Waals surface area contributed by atoms with Crippen LogP contribution in [0.2, 0.25) is 0 Å². The fourth-order valence-corrected chi connectivity index (χ4v) is 3.13. The second kappa shape index (κ2) is 5.58. The van der Waals surface area contributed by atoms with E-state index in [-0.39, 0.29) is 5.97 Å². The first-order valence-electron chi connectivity index (χ1n) is 8.36. The van der Waals surface area contributed by atoms with Gasteiger partial charge in [0.25, 0.3) is 0 Å². The summed E-state index contributed by atoms with van der Waals surface area (Å²) < 4.78 is 6.68. The monoisotopic (exact) mass is 327 g/mol. The van der Waals surface area contributed by atoms with Crippen molar-refractivity contribution in [1.29, 1.82) is 0 Å². The highest BCUT2D eigenvalue weighted by molar-refractivity contribution is 5.88. The maximum Gasteiger partial charge on any atom is 0.341 e. The molecule has 2 fully saturated rings. The molecule has 1 aliphatic heterocycles. The maximum atomic E-state index is 11.7. The van der Waals surface area contributed by atoms with Crippen molar-refractivity contribution in [2.45, 2.75) is 33.2 Å². The summed E-state index contributed by atoms with van der Waals surface area (Å²) in [5, 5.41) is 4.22. The molecule has 1 spiro atoms.